The van der Waals surface area contributed by atoms with Gasteiger partial charge in [0.15, 0.2) is 6.29 Å². The first kappa shape index (κ1) is 10.9. The summed E-state index contributed by atoms with van der Waals surface area (Å²) in [6, 6.07) is 7.46. The monoisotopic (exact) mass is 196 g/mol. The highest BCUT2D eigenvalue weighted by Crippen LogP contribution is 2.19. The summed E-state index contributed by atoms with van der Waals surface area (Å²) in [6.07, 6.45) is -0.230. The number of benzene rings is 1. The minimum absolute atomic E-state index is 0.230. The van der Waals surface area contributed by atoms with Gasteiger partial charge in [-0.1, -0.05) is 6.07 Å². The van der Waals surface area contributed by atoms with Crippen LogP contribution in [0.15, 0.2) is 24.3 Å². The third kappa shape index (κ3) is 3.26. The summed E-state index contributed by atoms with van der Waals surface area (Å²) < 4.78 is 15.8. The van der Waals surface area contributed by atoms with E-state index in [9.17, 15) is 0 Å². The van der Waals surface area contributed by atoms with Gasteiger partial charge in [0.1, 0.15) is 11.5 Å². The zero-order chi connectivity index (χ0) is 10.4. The molecule has 0 saturated carbocycles. The molecule has 0 spiro atoms. The first-order chi connectivity index (χ1) is 6.76. The van der Waals surface area contributed by atoms with Crippen LogP contribution in [0.1, 0.15) is 13.8 Å². The van der Waals surface area contributed by atoms with E-state index in [2.05, 4.69) is 0 Å². The Morgan fingerprint density at radius 1 is 1.29 bits per heavy atom. The van der Waals surface area contributed by atoms with E-state index in [0.29, 0.717) is 6.61 Å². The molecule has 0 aliphatic heterocycles. The van der Waals surface area contributed by atoms with Gasteiger partial charge < -0.3 is 14.2 Å². The molecule has 0 amide bonds. The highest BCUT2D eigenvalue weighted by Gasteiger charge is 2.02. The molecule has 1 aromatic carbocycles. The summed E-state index contributed by atoms with van der Waals surface area (Å²) in [5, 5.41) is 0. The molecule has 0 aromatic heterocycles. The summed E-state index contributed by atoms with van der Waals surface area (Å²) in [5.74, 6) is 1.54. The molecule has 1 atom stereocenters. The summed E-state index contributed by atoms with van der Waals surface area (Å²) in [6.45, 7) is 4.44. The van der Waals surface area contributed by atoms with E-state index in [4.69, 9.17) is 14.2 Å². The molecule has 1 rings (SSSR count). The molecular formula is C11H16O3. The second-order valence-electron chi connectivity index (χ2n) is 2.82. The first-order valence-electron chi connectivity index (χ1n) is 4.68. The highest BCUT2D eigenvalue weighted by atomic mass is 16.7. The lowest BCUT2D eigenvalue weighted by atomic mass is 10.3. The molecule has 0 aliphatic rings. The maximum Gasteiger partial charge on any atom is 0.196 e. The first-order valence-corrected chi connectivity index (χ1v) is 4.68. The number of hydrogen-bond acceptors (Lipinski definition) is 3. The van der Waals surface area contributed by atoms with Crippen molar-refractivity contribution in [1.29, 1.82) is 0 Å². The van der Waals surface area contributed by atoms with Crippen molar-refractivity contribution in [2.45, 2.75) is 20.1 Å². The zero-order valence-corrected chi connectivity index (χ0v) is 8.82. The molecule has 3 nitrogen and oxygen atoms in total. The van der Waals surface area contributed by atoms with E-state index in [1.165, 1.54) is 0 Å². The van der Waals surface area contributed by atoms with E-state index in [1.54, 1.807) is 7.11 Å². The standard InChI is InChI=1S/C11H16O3/c1-4-13-9(2)14-11-7-5-6-10(8-11)12-3/h5-9H,4H2,1-3H3. The van der Waals surface area contributed by atoms with Crippen molar-refractivity contribution in [2.75, 3.05) is 13.7 Å². The van der Waals surface area contributed by atoms with E-state index < -0.39 is 0 Å². The molecular weight excluding hydrogens is 180 g/mol. The number of rotatable bonds is 5. The second kappa shape index (κ2) is 5.50. The largest absolute Gasteiger partial charge is 0.497 e. The Bertz CT molecular complexity index is 273. The molecule has 0 aliphatic carbocycles. The van der Waals surface area contributed by atoms with Gasteiger partial charge in [-0.05, 0) is 26.0 Å². The summed E-state index contributed by atoms with van der Waals surface area (Å²) in [5.41, 5.74) is 0. The van der Waals surface area contributed by atoms with E-state index in [-0.39, 0.29) is 6.29 Å². The number of hydrogen-bond donors (Lipinski definition) is 0. The predicted molar refractivity (Wildman–Crippen MR) is 54.7 cm³/mol. The third-order valence-electron chi connectivity index (χ3n) is 1.74. The minimum Gasteiger partial charge on any atom is -0.497 e. The lowest BCUT2D eigenvalue weighted by molar-refractivity contribution is -0.0613. The Labute approximate surface area is 84.6 Å². The molecule has 14 heavy (non-hydrogen) atoms. The summed E-state index contributed by atoms with van der Waals surface area (Å²) in [4.78, 5) is 0. The van der Waals surface area contributed by atoms with Gasteiger partial charge in [-0.3, -0.25) is 0 Å². The summed E-state index contributed by atoms with van der Waals surface area (Å²) >= 11 is 0. The van der Waals surface area contributed by atoms with Gasteiger partial charge in [0, 0.05) is 12.7 Å². The molecule has 0 N–H and O–H groups in total. The molecule has 1 unspecified atom stereocenters. The van der Waals surface area contributed by atoms with Crippen LogP contribution in [-0.4, -0.2) is 20.0 Å². The minimum atomic E-state index is -0.230. The van der Waals surface area contributed by atoms with Crippen molar-refractivity contribution in [3.05, 3.63) is 24.3 Å². The van der Waals surface area contributed by atoms with Gasteiger partial charge in [0.2, 0.25) is 0 Å². The quantitative estimate of drug-likeness (QED) is 0.677. The van der Waals surface area contributed by atoms with Crippen LogP contribution >= 0.6 is 0 Å². The predicted octanol–water partition coefficient (Wildman–Crippen LogP) is 2.46. The molecule has 1 aromatic rings. The van der Waals surface area contributed by atoms with E-state index >= 15 is 0 Å². The Morgan fingerprint density at radius 3 is 2.64 bits per heavy atom. The van der Waals surface area contributed by atoms with Crippen LogP contribution < -0.4 is 9.47 Å². The van der Waals surface area contributed by atoms with Crippen LogP contribution in [-0.2, 0) is 4.74 Å². The maximum absolute atomic E-state index is 5.50. The topological polar surface area (TPSA) is 27.7 Å². The van der Waals surface area contributed by atoms with Crippen molar-refractivity contribution >= 4 is 0 Å². The van der Waals surface area contributed by atoms with Crippen LogP contribution in [0.5, 0.6) is 11.5 Å². The van der Waals surface area contributed by atoms with Crippen LogP contribution in [0.25, 0.3) is 0 Å². The lowest BCUT2D eigenvalue weighted by Crippen LogP contribution is -2.15. The third-order valence-corrected chi connectivity index (χ3v) is 1.74. The SMILES string of the molecule is CCOC(C)Oc1cccc(OC)c1. The second-order valence-corrected chi connectivity index (χ2v) is 2.82. The Kier molecular flexibility index (Phi) is 4.26. The average molecular weight is 196 g/mol. The van der Waals surface area contributed by atoms with E-state index in [1.807, 2.05) is 38.1 Å². The molecule has 78 valence electrons. The van der Waals surface area contributed by atoms with Crippen LogP contribution in [0.4, 0.5) is 0 Å². The molecule has 0 heterocycles. The van der Waals surface area contributed by atoms with Crippen molar-refractivity contribution < 1.29 is 14.2 Å². The average Bonchev–Trinajstić information content (AvgIpc) is 2.18. The highest BCUT2D eigenvalue weighted by molar-refractivity contribution is 5.32. The van der Waals surface area contributed by atoms with Crippen molar-refractivity contribution in [1.82, 2.24) is 0 Å². The smallest absolute Gasteiger partial charge is 0.196 e. The Hall–Kier alpha value is -1.22. The zero-order valence-electron chi connectivity index (χ0n) is 8.82. The molecule has 0 radical (unpaired) electrons. The Balaban J connectivity index is 2.57. The fourth-order valence-electron chi connectivity index (χ4n) is 1.13. The molecule has 0 saturated heterocycles. The fraction of sp³-hybridized carbons (Fsp3) is 0.455. The van der Waals surface area contributed by atoms with Crippen LogP contribution in [0.2, 0.25) is 0 Å². The van der Waals surface area contributed by atoms with Gasteiger partial charge in [-0.25, -0.2) is 0 Å². The van der Waals surface area contributed by atoms with Gasteiger partial charge in [0.05, 0.1) is 7.11 Å². The number of ether oxygens (including phenoxy) is 3. The Morgan fingerprint density at radius 2 is 2.00 bits per heavy atom. The fourth-order valence-corrected chi connectivity index (χ4v) is 1.13. The van der Waals surface area contributed by atoms with Gasteiger partial charge >= 0.3 is 0 Å². The van der Waals surface area contributed by atoms with Crippen molar-refractivity contribution in [3.63, 3.8) is 0 Å². The van der Waals surface area contributed by atoms with Crippen molar-refractivity contribution in [2.24, 2.45) is 0 Å². The van der Waals surface area contributed by atoms with Crippen LogP contribution in [0.3, 0.4) is 0 Å². The van der Waals surface area contributed by atoms with Gasteiger partial charge in [-0.2, -0.15) is 0 Å². The lowest BCUT2D eigenvalue weighted by Gasteiger charge is -2.14. The maximum atomic E-state index is 5.50. The normalized spacial score (nSPS) is 12.2. The molecule has 3 heteroatoms. The van der Waals surface area contributed by atoms with E-state index in [0.717, 1.165) is 11.5 Å². The van der Waals surface area contributed by atoms with Gasteiger partial charge in [0.25, 0.3) is 0 Å². The van der Waals surface area contributed by atoms with Gasteiger partial charge in [-0.15, -0.1) is 0 Å². The number of methoxy groups -OCH3 is 1. The summed E-state index contributed by atoms with van der Waals surface area (Å²) in [7, 11) is 1.63. The molecule has 0 bridgehead atoms. The van der Waals surface area contributed by atoms with Crippen molar-refractivity contribution in [3.8, 4) is 11.5 Å². The molecule has 0 fully saturated rings. The van der Waals surface area contributed by atoms with Crippen LogP contribution in [0, 0.1) is 0 Å².